The van der Waals surface area contributed by atoms with E-state index in [1.807, 2.05) is 25.3 Å². The van der Waals surface area contributed by atoms with Crippen molar-refractivity contribution in [1.29, 1.82) is 0 Å². The molecule has 0 spiro atoms. The molecule has 1 aromatic heterocycles. The zero-order valence-electron chi connectivity index (χ0n) is 9.29. The molecule has 0 saturated carbocycles. The molecule has 0 amide bonds. The quantitative estimate of drug-likeness (QED) is 0.900. The third-order valence-electron chi connectivity index (χ3n) is 2.43. The van der Waals surface area contributed by atoms with E-state index in [9.17, 15) is 0 Å². The summed E-state index contributed by atoms with van der Waals surface area (Å²) in [6.07, 6.45) is 1.82. The van der Waals surface area contributed by atoms with Gasteiger partial charge in [-0.25, -0.2) is 4.98 Å². The third-order valence-corrected chi connectivity index (χ3v) is 2.95. The summed E-state index contributed by atoms with van der Waals surface area (Å²) in [5.41, 5.74) is 2.29. The molecule has 0 bridgehead atoms. The summed E-state index contributed by atoms with van der Waals surface area (Å²) in [6, 6.07) is 8.51. The van der Waals surface area contributed by atoms with E-state index in [4.69, 9.17) is 0 Å². The maximum absolute atomic E-state index is 4.22. The van der Waals surface area contributed by atoms with Gasteiger partial charge in [-0.15, -0.1) is 0 Å². The minimum Gasteiger partial charge on any atom is -0.349 e. The fourth-order valence-corrected chi connectivity index (χ4v) is 1.79. The zero-order valence-corrected chi connectivity index (χ0v) is 10.9. The van der Waals surface area contributed by atoms with E-state index in [-0.39, 0.29) is 6.04 Å². The second-order valence-corrected chi connectivity index (χ2v) is 4.75. The van der Waals surface area contributed by atoms with Crippen molar-refractivity contribution in [1.82, 2.24) is 9.97 Å². The van der Waals surface area contributed by atoms with Crippen molar-refractivity contribution in [3.05, 3.63) is 46.2 Å². The molecule has 0 radical (unpaired) electrons. The van der Waals surface area contributed by atoms with Crippen LogP contribution in [-0.2, 0) is 0 Å². The van der Waals surface area contributed by atoms with E-state index in [2.05, 4.69) is 50.3 Å². The lowest BCUT2D eigenvalue weighted by molar-refractivity contribution is 0.866. The molecule has 0 aliphatic heterocycles. The number of benzene rings is 1. The number of hydrogen-bond acceptors (Lipinski definition) is 2. The smallest absolute Gasteiger partial charge is 0.200 e. The van der Waals surface area contributed by atoms with Gasteiger partial charge in [0.2, 0.25) is 5.95 Å². The molecule has 2 rings (SSSR count). The fourth-order valence-electron chi connectivity index (χ4n) is 1.53. The first-order chi connectivity index (χ1) is 7.65. The van der Waals surface area contributed by atoms with Gasteiger partial charge in [0.15, 0.2) is 0 Å². The Balaban J connectivity index is 2.08. The third kappa shape index (κ3) is 2.64. The highest BCUT2D eigenvalue weighted by atomic mass is 79.9. The minimum absolute atomic E-state index is 0.235. The summed E-state index contributed by atoms with van der Waals surface area (Å²) in [5, 5.41) is 3.32. The summed E-state index contributed by atoms with van der Waals surface area (Å²) in [6.45, 7) is 4.10. The predicted molar refractivity (Wildman–Crippen MR) is 69.5 cm³/mol. The molecule has 1 unspecified atom stereocenters. The van der Waals surface area contributed by atoms with Gasteiger partial charge in [-0.3, -0.25) is 0 Å². The Kier molecular flexibility index (Phi) is 3.29. The van der Waals surface area contributed by atoms with Gasteiger partial charge in [-0.1, -0.05) is 28.1 Å². The largest absolute Gasteiger partial charge is 0.349 e. The number of aromatic nitrogens is 2. The number of nitrogens with one attached hydrogen (secondary N) is 2. The van der Waals surface area contributed by atoms with Crippen LogP contribution in [-0.4, -0.2) is 9.97 Å². The maximum Gasteiger partial charge on any atom is 0.200 e. The van der Waals surface area contributed by atoms with Gasteiger partial charge >= 0.3 is 0 Å². The van der Waals surface area contributed by atoms with Gasteiger partial charge in [0, 0.05) is 16.4 Å². The van der Waals surface area contributed by atoms with Crippen LogP contribution >= 0.6 is 15.9 Å². The first-order valence-electron chi connectivity index (χ1n) is 5.19. The highest BCUT2D eigenvalue weighted by molar-refractivity contribution is 9.10. The van der Waals surface area contributed by atoms with Gasteiger partial charge in [-0.2, -0.15) is 0 Å². The van der Waals surface area contributed by atoms with E-state index < -0.39 is 0 Å². The van der Waals surface area contributed by atoms with Crippen LogP contribution in [0.25, 0.3) is 0 Å². The van der Waals surface area contributed by atoms with Crippen LogP contribution in [0.5, 0.6) is 0 Å². The molecular weight excluding hydrogens is 266 g/mol. The summed E-state index contributed by atoms with van der Waals surface area (Å²) >= 11 is 3.43. The molecule has 2 aromatic rings. The highest BCUT2D eigenvalue weighted by Crippen LogP contribution is 2.19. The van der Waals surface area contributed by atoms with Crippen molar-refractivity contribution in [2.24, 2.45) is 0 Å². The Morgan fingerprint density at radius 1 is 1.31 bits per heavy atom. The Morgan fingerprint density at radius 3 is 2.56 bits per heavy atom. The normalized spacial score (nSPS) is 12.4. The Morgan fingerprint density at radius 2 is 2.00 bits per heavy atom. The monoisotopic (exact) mass is 279 g/mol. The molecule has 0 aliphatic rings. The molecule has 3 nitrogen and oxygen atoms in total. The molecule has 84 valence electrons. The summed E-state index contributed by atoms with van der Waals surface area (Å²) in [5.74, 6) is 0.813. The molecule has 16 heavy (non-hydrogen) atoms. The average molecular weight is 280 g/mol. The number of hydrogen-bond donors (Lipinski definition) is 2. The highest BCUT2D eigenvalue weighted by Gasteiger charge is 2.06. The maximum atomic E-state index is 4.22. The lowest BCUT2D eigenvalue weighted by atomic mass is 10.1. The van der Waals surface area contributed by atoms with Crippen LogP contribution in [0, 0.1) is 6.92 Å². The minimum atomic E-state index is 0.235. The van der Waals surface area contributed by atoms with Crippen LogP contribution in [0.2, 0.25) is 0 Å². The van der Waals surface area contributed by atoms with Crippen LogP contribution in [0.15, 0.2) is 34.9 Å². The second kappa shape index (κ2) is 4.70. The SMILES string of the molecule is Cc1cnc(NC(C)c2ccc(Br)cc2)[nH]1. The number of anilines is 1. The summed E-state index contributed by atoms with van der Waals surface area (Å²) < 4.78 is 1.09. The number of H-pyrrole nitrogens is 1. The van der Waals surface area contributed by atoms with Crippen LogP contribution in [0.1, 0.15) is 24.2 Å². The topological polar surface area (TPSA) is 40.7 Å². The number of rotatable bonds is 3. The van der Waals surface area contributed by atoms with E-state index >= 15 is 0 Å². The molecule has 1 heterocycles. The Labute approximate surface area is 103 Å². The first-order valence-corrected chi connectivity index (χ1v) is 5.98. The second-order valence-electron chi connectivity index (χ2n) is 3.83. The number of aryl methyl sites for hydroxylation is 1. The van der Waals surface area contributed by atoms with Gasteiger partial charge in [0.1, 0.15) is 0 Å². The van der Waals surface area contributed by atoms with Crippen LogP contribution in [0.4, 0.5) is 5.95 Å². The standard InChI is InChI=1S/C12H14BrN3/c1-8-7-14-12(15-8)16-9(2)10-3-5-11(13)6-4-10/h3-7,9H,1-2H3,(H2,14,15,16). The molecule has 4 heteroatoms. The molecular formula is C12H14BrN3. The van der Waals surface area contributed by atoms with Gasteiger partial charge in [0.05, 0.1) is 6.04 Å². The molecule has 1 aromatic carbocycles. The van der Waals surface area contributed by atoms with Crippen molar-refractivity contribution >= 4 is 21.9 Å². The number of imidazole rings is 1. The van der Waals surface area contributed by atoms with E-state index in [0.29, 0.717) is 0 Å². The Hall–Kier alpha value is -1.29. The van der Waals surface area contributed by atoms with Gasteiger partial charge < -0.3 is 10.3 Å². The number of halogens is 1. The number of nitrogens with zero attached hydrogens (tertiary/aromatic N) is 1. The number of aromatic amines is 1. The van der Waals surface area contributed by atoms with Crippen molar-refractivity contribution in [2.45, 2.75) is 19.9 Å². The summed E-state index contributed by atoms with van der Waals surface area (Å²) in [7, 11) is 0. The van der Waals surface area contributed by atoms with Crippen molar-refractivity contribution < 1.29 is 0 Å². The summed E-state index contributed by atoms with van der Waals surface area (Å²) in [4.78, 5) is 7.38. The first kappa shape index (κ1) is 11.2. The van der Waals surface area contributed by atoms with Crippen molar-refractivity contribution in [3.63, 3.8) is 0 Å². The average Bonchev–Trinajstić information content (AvgIpc) is 2.65. The van der Waals surface area contributed by atoms with Gasteiger partial charge in [-0.05, 0) is 31.5 Å². The molecule has 1 atom stereocenters. The molecule has 0 aliphatic carbocycles. The van der Waals surface area contributed by atoms with E-state index in [0.717, 1.165) is 16.1 Å². The lowest BCUT2D eigenvalue weighted by Crippen LogP contribution is -2.07. The van der Waals surface area contributed by atoms with Crippen molar-refractivity contribution in [2.75, 3.05) is 5.32 Å². The molecule has 0 fully saturated rings. The zero-order chi connectivity index (χ0) is 11.5. The Bertz CT molecular complexity index is 461. The van der Waals surface area contributed by atoms with Crippen LogP contribution in [0.3, 0.4) is 0 Å². The van der Waals surface area contributed by atoms with Gasteiger partial charge in [0.25, 0.3) is 0 Å². The fraction of sp³-hybridized carbons (Fsp3) is 0.250. The lowest BCUT2D eigenvalue weighted by Gasteiger charge is -2.13. The molecule has 2 N–H and O–H groups in total. The van der Waals surface area contributed by atoms with Crippen molar-refractivity contribution in [3.8, 4) is 0 Å². The van der Waals surface area contributed by atoms with E-state index in [1.54, 1.807) is 0 Å². The van der Waals surface area contributed by atoms with E-state index in [1.165, 1.54) is 5.56 Å². The molecule has 0 saturated heterocycles. The predicted octanol–water partition coefficient (Wildman–Crippen LogP) is 3.65. The van der Waals surface area contributed by atoms with Crippen LogP contribution < -0.4 is 5.32 Å².